The Morgan fingerprint density at radius 2 is 2.06 bits per heavy atom. The minimum Gasteiger partial charge on any atom is -0.317 e. The van der Waals surface area contributed by atoms with E-state index in [1.54, 1.807) is 10.7 Å². The lowest BCUT2D eigenvalue weighted by molar-refractivity contribution is 0.776. The van der Waals surface area contributed by atoms with Gasteiger partial charge in [0.05, 0.1) is 0 Å². The normalized spacial score (nSPS) is 14.9. The molecule has 1 N–H and O–H groups in total. The minimum atomic E-state index is 0.483. The van der Waals surface area contributed by atoms with Crippen molar-refractivity contribution in [3.8, 4) is 0 Å². The molecule has 0 radical (unpaired) electrons. The van der Waals surface area contributed by atoms with Crippen molar-refractivity contribution in [1.82, 2.24) is 20.1 Å². The lowest BCUT2D eigenvalue weighted by atomic mass is 10.4. The molecule has 0 amide bonds. The first kappa shape index (κ1) is 11.4. The summed E-state index contributed by atoms with van der Waals surface area (Å²) in [6.07, 6.45) is 4.68. The molecule has 0 saturated carbocycles. The Balaban J connectivity index is 0.000000162. The van der Waals surface area contributed by atoms with E-state index in [4.69, 9.17) is 11.6 Å². The van der Waals surface area contributed by atoms with E-state index in [9.17, 15) is 0 Å². The zero-order valence-electron chi connectivity index (χ0n) is 9.28. The summed E-state index contributed by atoms with van der Waals surface area (Å²) in [5.41, 5.74) is 0.694. The second-order valence-electron chi connectivity index (χ2n) is 3.81. The molecule has 1 fully saturated rings. The van der Waals surface area contributed by atoms with Crippen molar-refractivity contribution < 1.29 is 0 Å². The summed E-state index contributed by atoms with van der Waals surface area (Å²) in [5, 5.41) is 8.81. The van der Waals surface area contributed by atoms with E-state index in [1.807, 2.05) is 19.3 Å². The number of aromatic nitrogens is 3. The molecule has 4 nitrogen and oxygen atoms in total. The van der Waals surface area contributed by atoms with E-state index in [1.165, 1.54) is 25.9 Å². The van der Waals surface area contributed by atoms with Crippen molar-refractivity contribution >= 4 is 22.6 Å². The van der Waals surface area contributed by atoms with Gasteiger partial charge >= 0.3 is 0 Å². The lowest BCUT2D eigenvalue weighted by Crippen LogP contribution is -2.03. The van der Waals surface area contributed by atoms with Crippen LogP contribution < -0.4 is 5.32 Å². The molecule has 86 valence electrons. The third-order valence-corrected chi connectivity index (χ3v) is 2.62. The van der Waals surface area contributed by atoms with Crippen LogP contribution in [-0.4, -0.2) is 27.9 Å². The molecule has 3 heterocycles. The summed E-state index contributed by atoms with van der Waals surface area (Å²) < 4.78 is 1.72. The fourth-order valence-electron chi connectivity index (χ4n) is 1.62. The summed E-state index contributed by atoms with van der Waals surface area (Å²) in [5.74, 6) is 0. The summed E-state index contributed by atoms with van der Waals surface area (Å²) in [7, 11) is 1.86. The number of aryl methyl sites for hydroxylation is 1. The maximum absolute atomic E-state index is 5.67. The fraction of sp³-hybridized carbons (Fsp3) is 0.455. The third kappa shape index (κ3) is 2.93. The summed E-state index contributed by atoms with van der Waals surface area (Å²) in [6, 6.07) is 3.66. The highest BCUT2D eigenvalue weighted by Crippen LogP contribution is 2.12. The van der Waals surface area contributed by atoms with Crippen LogP contribution in [0.25, 0.3) is 11.0 Å². The lowest BCUT2D eigenvalue weighted by Gasteiger charge is -1.85. The van der Waals surface area contributed by atoms with Crippen LogP contribution in [0.3, 0.4) is 0 Å². The standard InChI is InChI=1S/C7H6ClN3.C4H9N/c1-11-4-5-2-3-6(8)9-7(5)10-11;1-2-4-5-3-1/h2-4H,1H3;5H,1-4H2. The Kier molecular flexibility index (Phi) is 3.74. The monoisotopic (exact) mass is 238 g/mol. The van der Waals surface area contributed by atoms with E-state index < -0.39 is 0 Å². The number of nitrogens with one attached hydrogen (secondary N) is 1. The molecule has 0 bridgehead atoms. The van der Waals surface area contributed by atoms with E-state index in [0.29, 0.717) is 10.8 Å². The largest absolute Gasteiger partial charge is 0.317 e. The quantitative estimate of drug-likeness (QED) is 0.714. The van der Waals surface area contributed by atoms with Gasteiger partial charge in [0, 0.05) is 18.6 Å². The Labute approximate surface area is 99.6 Å². The van der Waals surface area contributed by atoms with Crippen LogP contribution in [0.1, 0.15) is 12.8 Å². The topological polar surface area (TPSA) is 42.7 Å². The first-order valence-electron chi connectivity index (χ1n) is 5.42. The van der Waals surface area contributed by atoms with Crippen molar-refractivity contribution in [2.24, 2.45) is 7.05 Å². The second-order valence-corrected chi connectivity index (χ2v) is 4.19. The summed E-state index contributed by atoms with van der Waals surface area (Å²) in [4.78, 5) is 4.03. The Bertz CT molecular complexity index is 454. The highest BCUT2D eigenvalue weighted by atomic mass is 35.5. The van der Waals surface area contributed by atoms with E-state index in [0.717, 1.165) is 5.39 Å². The molecule has 3 rings (SSSR count). The van der Waals surface area contributed by atoms with Crippen molar-refractivity contribution in [1.29, 1.82) is 0 Å². The number of nitrogens with zero attached hydrogens (tertiary/aromatic N) is 3. The first-order chi connectivity index (χ1) is 7.75. The predicted molar refractivity (Wildman–Crippen MR) is 65.6 cm³/mol. The molecule has 2 aromatic rings. The molecule has 0 aromatic carbocycles. The zero-order chi connectivity index (χ0) is 11.4. The van der Waals surface area contributed by atoms with Crippen molar-refractivity contribution in [3.63, 3.8) is 0 Å². The molecule has 5 heteroatoms. The predicted octanol–water partition coefficient (Wildman–Crippen LogP) is 1.99. The van der Waals surface area contributed by atoms with E-state index in [-0.39, 0.29) is 0 Å². The van der Waals surface area contributed by atoms with Gasteiger partial charge in [0.25, 0.3) is 0 Å². The molecule has 0 unspecified atom stereocenters. The highest BCUT2D eigenvalue weighted by molar-refractivity contribution is 6.29. The average molecular weight is 239 g/mol. The van der Waals surface area contributed by atoms with Gasteiger partial charge in [0.15, 0.2) is 5.65 Å². The first-order valence-corrected chi connectivity index (χ1v) is 5.80. The van der Waals surface area contributed by atoms with Crippen LogP contribution in [0.2, 0.25) is 5.15 Å². The Hall–Kier alpha value is -1.13. The Morgan fingerprint density at radius 3 is 2.69 bits per heavy atom. The number of fused-ring (bicyclic) bond motifs is 1. The van der Waals surface area contributed by atoms with Gasteiger partial charge in [-0.15, -0.1) is 0 Å². The van der Waals surface area contributed by atoms with Gasteiger partial charge in [0.2, 0.25) is 0 Å². The SMILES string of the molecule is C1CCNC1.Cn1cc2ccc(Cl)nc2n1. The average Bonchev–Trinajstić information content (AvgIpc) is 2.87. The molecule has 0 aliphatic carbocycles. The number of hydrogen-bond donors (Lipinski definition) is 1. The van der Waals surface area contributed by atoms with Crippen LogP contribution in [0.4, 0.5) is 0 Å². The molecular formula is C11H15ClN4. The minimum absolute atomic E-state index is 0.483. The number of rotatable bonds is 0. The van der Waals surface area contributed by atoms with Crippen molar-refractivity contribution in [2.45, 2.75) is 12.8 Å². The molecule has 1 saturated heterocycles. The van der Waals surface area contributed by atoms with Crippen molar-refractivity contribution in [3.05, 3.63) is 23.5 Å². The molecular weight excluding hydrogens is 224 g/mol. The van der Waals surface area contributed by atoms with Gasteiger partial charge in [-0.1, -0.05) is 11.6 Å². The molecule has 16 heavy (non-hydrogen) atoms. The molecule has 2 aromatic heterocycles. The van der Waals surface area contributed by atoms with Crippen LogP contribution in [0.15, 0.2) is 18.3 Å². The Morgan fingerprint density at radius 1 is 1.31 bits per heavy atom. The van der Waals surface area contributed by atoms with Crippen molar-refractivity contribution in [2.75, 3.05) is 13.1 Å². The number of hydrogen-bond acceptors (Lipinski definition) is 3. The van der Waals surface area contributed by atoms with Gasteiger partial charge in [-0.3, -0.25) is 4.68 Å². The van der Waals surface area contributed by atoms with Crippen LogP contribution in [-0.2, 0) is 7.05 Å². The smallest absolute Gasteiger partial charge is 0.182 e. The fourth-order valence-corrected chi connectivity index (χ4v) is 1.76. The molecule has 1 aliphatic rings. The number of halogens is 1. The highest BCUT2D eigenvalue weighted by Gasteiger charge is 1.98. The van der Waals surface area contributed by atoms with Crippen LogP contribution >= 0.6 is 11.6 Å². The maximum Gasteiger partial charge on any atom is 0.182 e. The van der Waals surface area contributed by atoms with Gasteiger partial charge in [-0.05, 0) is 38.1 Å². The zero-order valence-corrected chi connectivity index (χ0v) is 10.0. The maximum atomic E-state index is 5.67. The second kappa shape index (κ2) is 5.27. The molecule has 1 aliphatic heterocycles. The van der Waals surface area contributed by atoms with Gasteiger partial charge < -0.3 is 5.32 Å². The van der Waals surface area contributed by atoms with E-state index >= 15 is 0 Å². The molecule has 0 spiro atoms. The number of pyridine rings is 1. The third-order valence-electron chi connectivity index (χ3n) is 2.41. The summed E-state index contributed by atoms with van der Waals surface area (Å²) in [6.45, 7) is 2.50. The van der Waals surface area contributed by atoms with Crippen LogP contribution in [0.5, 0.6) is 0 Å². The van der Waals surface area contributed by atoms with Gasteiger partial charge in [-0.25, -0.2) is 4.98 Å². The van der Waals surface area contributed by atoms with E-state index in [2.05, 4.69) is 15.4 Å². The van der Waals surface area contributed by atoms with Gasteiger partial charge in [-0.2, -0.15) is 5.10 Å². The molecule has 0 atom stereocenters. The summed E-state index contributed by atoms with van der Waals surface area (Å²) >= 11 is 5.67. The van der Waals surface area contributed by atoms with Gasteiger partial charge in [0.1, 0.15) is 5.15 Å². The van der Waals surface area contributed by atoms with Crippen LogP contribution in [0, 0.1) is 0 Å².